The van der Waals surface area contributed by atoms with Crippen molar-refractivity contribution >= 4 is 33.9 Å². The van der Waals surface area contributed by atoms with Crippen LogP contribution >= 0.6 is 11.3 Å². The number of esters is 1. The standard InChI is InChI=1S/C18H14N4O5S/c1-2-27-18(24)15-13(11-4-3-5-12(8-11)22(25)26)10-28-17(15)21-16(23)14-9-19-6-7-20-14/h3-10H,2H2,1H3,(H,21,23). The second kappa shape index (κ2) is 8.35. The second-order valence-electron chi connectivity index (χ2n) is 5.43. The van der Waals surface area contributed by atoms with Crippen molar-refractivity contribution in [3.8, 4) is 11.1 Å². The van der Waals surface area contributed by atoms with E-state index < -0.39 is 16.8 Å². The number of aromatic nitrogens is 2. The molecule has 0 saturated carbocycles. The van der Waals surface area contributed by atoms with Crippen LogP contribution in [0.15, 0.2) is 48.2 Å². The van der Waals surface area contributed by atoms with Crippen molar-refractivity contribution in [2.45, 2.75) is 6.92 Å². The van der Waals surface area contributed by atoms with Gasteiger partial charge in [-0.2, -0.15) is 0 Å². The second-order valence-corrected chi connectivity index (χ2v) is 6.31. The van der Waals surface area contributed by atoms with E-state index in [1.807, 2.05) is 0 Å². The minimum atomic E-state index is -0.639. The topological polar surface area (TPSA) is 124 Å². The van der Waals surface area contributed by atoms with Gasteiger partial charge < -0.3 is 10.1 Å². The highest BCUT2D eigenvalue weighted by Gasteiger charge is 2.24. The largest absolute Gasteiger partial charge is 0.462 e. The number of rotatable bonds is 6. The fraction of sp³-hybridized carbons (Fsp3) is 0.111. The van der Waals surface area contributed by atoms with E-state index in [0.717, 1.165) is 11.3 Å². The van der Waals surface area contributed by atoms with E-state index >= 15 is 0 Å². The molecule has 142 valence electrons. The number of thiophene rings is 1. The lowest BCUT2D eigenvalue weighted by Crippen LogP contribution is -2.16. The third-order valence-electron chi connectivity index (χ3n) is 3.66. The molecule has 10 heteroatoms. The van der Waals surface area contributed by atoms with Crippen LogP contribution in [0.25, 0.3) is 11.1 Å². The molecule has 2 heterocycles. The van der Waals surface area contributed by atoms with Gasteiger partial charge >= 0.3 is 5.97 Å². The number of hydrogen-bond donors (Lipinski definition) is 1. The van der Waals surface area contributed by atoms with Crippen molar-refractivity contribution in [2.75, 3.05) is 11.9 Å². The zero-order chi connectivity index (χ0) is 20.1. The zero-order valence-electron chi connectivity index (χ0n) is 14.6. The number of nitro benzene ring substituents is 1. The fourth-order valence-corrected chi connectivity index (χ4v) is 3.39. The van der Waals surface area contributed by atoms with E-state index in [2.05, 4.69) is 15.3 Å². The Morgan fingerprint density at radius 1 is 1.32 bits per heavy atom. The van der Waals surface area contributed by atoms with Crippen LogP contribution in [0.5, 0.6) is 0 Å². The minimum Gasteiger partial charge on any atom is -0.462 e. The third-order valence-corrected chi connectivity index (χ3v) is 4.56. The molecule has 28 heavy (non-hydrogen) atoms. The van der Waals surface area contributed by atoms with Crippen LogP contribution in [-0.2, 0) is 4.74 Å². The molecule has 3 aromatic rings. The van der Waals surface area contributed by atoms with E-state index in [-0.39, 0.29) is 28.6 Å². The number of carbonyl (C=O) groups is 2. The molecule has 0 fully saturated rings. The van der Waals surface area contributed by atoms with Crippen LogP contribution in [-0.4, -0.2) is 33.4 Å². The van der Waals surface area contributed by atoms with E-state index in [4.69, 9.17) is 4.74 Å². The fourth-order valence-electron chi connectivity index (χ4n) is 2.44. The van der Waals surface area contributed by atoms with Gasteiger partial charge in [-0.1, -0.05) is 12.1 Å². The lowest BCUT2D eigenvalue weighted by molar-refractivity contribution is -0.384. The predicted octanol–water partition coefficient (Wildman–Crippen LogP) is 3.54. The zero-order valence-corrected chi connectivity index (χ0v) is 15.4. The van der Waals surface area contributed by atoms with E-state index in [1.165, 1.54) is 36.8 Å². The van der Waals surface area contributed by atoms with Gasteiger partial charge in [0.1, 0.15) is 16.3 Å². The Bertz CT molecular complexity index is 1040. The van der Waals surface area contributed by atoms with Crippen LogP contribution in [0.3, 0.4) is 0 Å². The highest BCUT2D eigenvalue weighted by molar-refractivity contribution is 7.15. The number of benzene rings is 1. The third kappa shape index (κ3) is 4.01. The number of ether oxygens (including phenoxy) is 1. The van der Waals surface area contributed by atoms with Crippen molar-refractivity contribution in [1.29, 1.82) is 0 Å². The number of nitrogens with one attached hydrogen (secondary N) is 1. The molecule has 1 N–H and O–H groups in total. The van der Waals surface area contributed by atoms with Crippen molar-refractivity contribution in [1.82, 2.24) is 9.97 Å². The van der Waals surface area contributed by atoms with Gasteiger partial charge in [-0.05, 0) is 12.5 Å². The Morgan fingerprint density at radius 2 is 2.14 bits per heavy atom. The maximum absolute atomic E-state index is 12.5. The maximum atomic E-state index is 12.5. The maximum Gasteiger partial charge on any atom is 0.341 e. The summed E-state index contributed by atoms with van der Waals surface area (Å²) in [6.45, 7) is 1.80. The molecule has 0 radical (unpaired) electrons. The van der Waals surface area contributed by atoms with Crippen molar-refractivity contribution in [2.24, 2.45) is 0 Å². The summed E-state index contributed by atoms with van der Waals surface area (Å²) in [6.07, 6.45) is 4.12. The number of anilines is 1. The lowest BCUT2D eigenvalue weighted by atomic mass is 10.0. The Labute approximate surface area is 163 Å². The molecule has 1 aromatic carbocycles. The van der Waals surface area contributed by atoms with Gasteiger partial charge in [-0.3, -0.25) is 19.9 Å². The summed E-state index contributed by atoms with van der Waals surface area (Å²) in [5, 5.41) is 15.6. The summed E-state index contributed by atoms with van der Waals surface area (Å²) in [7, 11) is 0. The van der Waals surface area contributed by atoms with E-state index in [9.17, 15) is 19.7 Å². The number of amides is 1. The monoisotopic (exact) mass is 398 g/mol. The molecule has 9 nitrogen and oxygen atoms in total. The molecule has 0 aliphatic heterocycles. The summed E-state index contributed by atoms with van der Waals surface area (Å²) < 4.78 is 5.11. The normalized spacial score (nSPS) is 10.3. The smallest absolute Gasteiger partial charge is 0.341 e. The van der Waals surface area contributed by atoms with Crippen LogP contribution in [0.1, 0.15) is 27.8 Å². The predicted molar refractivity (Wildman–Crippen MR) is 102 cm³/mol. The summed E-state index contributed by atoms with van der Waals surface area (Å²) >= 11 is 1.11. The van der Waals surface area contributed by atoms with Crippen LogP contribution in [0, 0.1) is 10.1 Å². The van der Waals surface area contributed by atoms with Gasteiger partial charge in [0.2, 0.25) is 0 Å². The van der Waals surface area contributed by atoms with E-state index in [0.29, 0.717) is 11.1 Å². The highest BCUT2D eigenvalue weighted by Crippen LogP contribution is 2.37. The van der Waals surface area contributed by atoms with Crippen LogP contribution < -0.4 is 5.32 Å². The molecule has 1 amide bonds. The molecule has 0 spiro atoms. The minimum absolute atomic E-state index is 0.0857. The molecule has 3 rings (SSSR count). The number of non-ortho nitro benzene ring substituents is 1. The molecular weight excluding hydrogens is 384 g/mol. The summed E-state index contributed by atoms with van der Waals surface area (Å²) in [6, 6.07) is 5.89. The summed E-state index contributed by atoms with van der Waals surface area (Å²) in [4.78, 5) is 43.2. The van der Waals surface area contributed by atoms with Crippen molar-refractivity contribution in [3.05, 3.63) is 69.6 Å². The van der Waals surface area contributed by atoms with Gasteiger partial charge in [0.05, 0.1) is 17.7 Å². The first kappa shape index (κ1) is 19.1. The van der Waals surface area contributed by atoms with Gasteiger partial charge in [0, 0.05) is 35.5 Å². The Morgan fingerprint density at radius 3 is 2.82 bits per heavy atom. The average molecular weight is 398 g/mol. The van der Waals surface area contributed by atoms with Crippen LogP contribution in [0.2, 0.25) is 0 Å². The van der Waals surface area contributed by atoms with Crippen molar-refractivity contribution in [3.63, 3.8) is 0 Å². The first-order valence-electron chi connectivity index (χ1n) is 8.12. The van der Waals surface area contributed by atoms with E-state index in [1.54, 1.807) is 18.4 Å². The summed E-state index contributed by atoms with van der Waals surface area (Å²) in [5.41, 5.74) is 1.01. The summed E-state index contributed by atoms with van der Waals surface area (Å²) in [5.74, 6) is -1.18. The lowest BCUT2D eigenvalue weighted by Gasteiger charge is -2.08. The molecule has 0 aliphatic carbocycles. The molecule has 0 atom stereocenters. The number of carbonyl (C=O) groups excluding carboxylic acids is 2. The Kier molecular flexibility index (Phi) is 5.70. The van der Waals surface area contributed by atoms with Gasteiger partial charge in [-0.25, -0.2) is 9.78 Å². The number of nitro groups is 1. The highest BCUT2D eigenvalue weighted by atomic mass is 32.1. The Hall–Kier alpha value is -3.66. The SMILES string of the molecule is CCOC(=O)c1c(-c2cccc([N+](=O)[O-])c2)csc1NC(=O)c1cnccn1. The molecule has 0 saturated heterocycles. The molecule has 0 unspecified atom stereocenters. The van der Waals surface area contributed by atoms with Gasteiger partial charge in [-0.15, -0.1) is 11.3 Å². The van der Waals surface area contributed by atoms with Gasteiger partial charge in [0.15, 0.2) is 0 Å². The van der Waals surface area contributed by atoms with Crippen LogP contribution in [0.4, 0.5) is 10.7 Å². The van der Waals surface area contributed by atoms with Gasteiger partial charge in [0.25, 0.3) is 11.6 Å². The molecule has 0 aliphatic rings. The first-order chi connectivity index (χ1) is 13.5. The molecular formula is C18H14N4O5S. The quantitative estimate of drug-likeness (QED) is 0.382. The average Bonchev–Trinajstić information content (AvgIpc) is 3.12. The first-order valence-corrected chi connectivity index (χ1v) is 9.00. The molecule has 2 aromatic heterocycles. The van der Waals surface area contributed by atoms with Crippen molar-refractivity contribution < 1.29 is 19.2 Å². The Balaban J connectivity index is 2.02. The number of hydrogen-bond acceptors (Lipinski definition) is 8. The molecule has 0 bridgehead atoms. The number of nitrogens with zero attached hydrogens (tertiary/aromatic N) is 3.